The second-order valence-corrected chi connectivity index (χ2v) is 16.2. The third-order valence-corrected chi connectivity index (χ3v) is 11.3. The molecule has 2 aliphatic rings. The van der Waals surface area contributed by atoms with E-state index in [9.17, 15) is 4.79 Å². The fourth-order valence-electron chi connectivity index (χ4n) is 3.76. The van der Waals surface area contributed by atoms with Gasteiger partial charge in [0.05, 0.1) is 6.61 Å². The highest BCUT2D eigenvalue weighted by Crippen LogP contribution is 2.48. The first-order valence-corrected chi connectivity index (χ1v) is 13.9. The van der Waals surface area contributed by atoms with E-state index in [1.54, 1.807) is 0 Å². The van der Waals surface area contributed by atoms with Crippen LogP contribution in [-0.2, 0) is 14.0 Å². The molecule has 3 nitrogen and oxygen atoms in total. The minimum absolute atomic E-state index is 0.0790. The molecule has 0 radical (unpaired) electrons. The molecule has 0 N–H and O–H groups in total. The molecule has 0 bridgehead atoms. The van der Waals surface area contributed by atoms with Crippen LogP contribution < -0.4 is 0 Å². The minimum atomic E-state index is -1.83. The van der Waals surface area contributed by atoms with Crippen LogP contribution in [0.2, 0.25) is 18.1 Å². The predicted molar refractivity (Wildman–Crippen MR) is 128 cm³/mol. The molecule has 0 aromatic rings. The molecular weight excluding hydrogens is 388 g/mol. The molecule has 0 saturated heterocycles. The standard InChI is InChI=1S/C26H40O3Si/c1-12-25(8,9)16-22-20(4)23(27)26(29-22)15-18(2)13-21(26)14-19(3)17-28-30(10,11)24(5,6)7/h1,13-14,18H,15-17H2,2-11H3/b19-14-/t18-,26+/m0/s1. The number of carbonyl (C=O) groups excluding carboxylic acids is 1. The van der Waals surface area contributed by atoms with E-state index < -0.39 is 13.9 Å². The Hall–Kier alpha value is -1.57. The van der Waals surface area contributed by atoms with Gasteiger partial charge in [0.1, 0.15) is 5.76 Å². The first kappa shape index (κ1) is 24.7. The van der Waals surface area contributed by atoms with E-state index in [1.165, 1.54) is 0 Å². The fourth-order valence-corrected chi connectivity index (χ4v) is 4.78. The van der Waals surface area contributed by atoms with Crippen LogP contribution in [0.3, 0.4) is 0 Å². The Morgan fingerprint density at radius 3 is 2.50 bits per heavy atom. The topological polar surface area (TPSA) is 35.5 Å². The summed E-state index contributed by atoms with van der Waals surface area (Å²) < 4.78 is 12.8. The van der Waals surface area contributed by atoms with Crippen molar-refractivity contribution in [3.8, 4) is 12.3 Å². The predicted octanol–water partition coefficient (Wildman–Crippen LogP) is 6.58. The molecule has 0 amide bonds. The summed E-state index contributed by atoms with van der Waals surface area (Å²) in [5.74, 6) is 3.91. The Morgan fingerprint density at radius 2 is 1.97 bits per heavy atom. The number of allylic oxidation sites excluding steroid dienone is 2. The van der Waals surface area contributed by atoms with Crippen LogP contribution in [0.1, 0.15) is 68.2 Å². The lowest BCUT2D eigenvalue weighted by Gasteiger charge is -2.36. The fraction of sp³-hybridized carbons (Fsp3) is 0.654. The highest BCUT2D eigenvalue weighted by molar-refractivity contribution is 6.74. The summed E-state index contributed by atoms with van der Waals surface area (Å²) in [5, 5.41) is 0.167. The summed E-state index contributed by atoms with van der Waals surface area (Å²) in [7, 11) is -1.83. The van der Waals surface area contributed by atoms with E-state index in [2.05, 4.69) is 65.8 Å². The van der Waals surface area contributed by atoms with Crippen molar-refractivity contribution >= 4 is 14.1 Å². The molecule has 2 atom stereocenters. The van der Waals surface area contributed by atoms with Crippen LogP contribution in [0.15, 0.2) is 34.6 Å². The van der Waals surface area contributed by atoms with Crippen molar-refractivity contribution in [2.24, 2.45) is 11.3 Å². The van der Waals surface area contributed by atoms with Crippen molar-refractivity contribution in [2.75, 3.05) is 6.61 Å². The number of terminal acetylenes is 1. The molecule has 0 aromatic carbocycles. The highest BCUT2D eigenvalue weighted by atomic mass is 28.4. The molecule has 166 valence electrons. The van der Waals surface area contributed by atoms with Gasteiger partial charge in [-0.25, -0.2) is 0 Å². The molecule has 0 unspecified atom stereocenters. The third-order valence-electron chi connectivity index (χ3n) is 6.82. The van der Waals surface area contributed by atoms with Gasteiger partial charge in [0.25, 0.3) is 0 Å². The maximum atomic E-state index is 13.4. The zero-order chi connectivity index (χ0) is 23.1. The van der Waals surface area contributed by atoms with Gasteiger partial charge >= 0.3 is 0 Å². The monoisotopic (exact) mass is 428 g/mol. The van der Waals surface area contributed by atoms with Crippen LogP contribution in [0, 0.1) is 23.7 Å². The summed E-state index contributed by atoms with van der Waals surface area (Å²) in [4.78, 5) is 13.4. The van der Waals surface area contributed by atoms with Gasteiger partial charge in [-0.3, -0.25) is 4.79 Å². The van der Waals surface area contributed by atoms with E-state index in [4.69, 9.17) is 15.6 Å². The van der Waals surface area contributed by atoms with Crippen molar-refractivity contribution in [3.05, 3.63) is 34.6 Å². The van der Waals surface area contributed by atoms with Gasteiger partial charge in [-0.1, -0.05) is 39.8 Å². The average molecular weight is 429 g/mol. The van der Waals surface area contributed by atoms with Gasteiger partial charge in [0.15, 0.2) is 13.9 Å². The lowest BCUT2D eigenvalue weighted by molar-refractivity contribution is -0.127. The summed E-state index contributed by atoms with van der Waals surface area (Å²) in [6.07, 6.45) is 11.2. The first-order valence-electron chi connectivity index (χ1n) is 11.0. The summed E-state index contributed by atoms with van der Waals surface area (Å²) >= 11 is 0. The van der Waals surface area contributed by atoms with Crippen molar-refractivity contribution in [1.82, 2.24) is 0 Å². The second kappa shape index (κ2) is 8.17. The SMILES string of the molecule is C#CC(C)(C)CC1=C(C)C(=O)[C@]2(C[C@@H](C)C=C2/C=C(/C)CO[Si](C)(C)C(C)(C)C)O1. The Balaban J connectivity index is 2.25. The van der Waals surface area contributed by atoms with Crippen LogP contribution in [0.5, 0.6) is 0 Å². The van der Waals surface area contributed by atoms with E-state index in [0.29, 0.717) is 25.0 Å². The van der Waals surface area contributed by atoms with Crippen molar-refractivity contribution < 1.29 is 14.0 Å². The molecule has 1 spiro atoms. The summed E-state index contributed by atoms with van der Waals surface area (Å²) in [6, 6.07) is 0. The van der Waals surface area contributed by atoms with Crippen LogP contribution in [0.4, 0.5) is 0 Å². The molecule has 30 heavy (non-hydrogen) atoms. The molecule has 2 rings (SSSR count). The molecule has 0 fully saturated rings. The lowest BCUT2D eigenvalue weighted by Crippen LogP contribution is -2.41. The Bertz CT molecular complexity index is 842. The number of rotatable bonds is 6. The zero-order valence-corrected chi connectivity index (χ0v) is 21.7. The first-order chi connectivity index (χ1) is 13.5. The maximum Gasteiger partial charge on any atom is 0.210 e. The Labute approximate surface area is 185 Å². The zero-order valence-electron chi connectivity index (χ0n) is 20.7. The van der Waals surface area contributed by atoms with Gasteiger partial charge in [0.2, 0.25) is 5.78 Å². The van der Waals surface area contributed by atoms with Crippen LogP contribution >= 0.6 is 0 Å². The molecule has 1 aliphatic carbocycles. The van der Waals surface area contributed by atoms with Crippen molar-refractivity contribution in [3.63, 3.8) is 0 Å². The largest absolute Gasteiger partial charge is 0.478 e. The molecule has 0 saturated carbocycles. The minimum Gasteiger partial charge on any atom is -0.478 e. The molecule has 0 aromatic heterocycles. The Morgan fingerprint density at radius 1 is 1.37 bits per heavy atom. The van der Waals surface area contributed by atoms with Crippen molar-refractivity contribution in [1.29, 1.82) is 0 Å². The second-order valence-electron chi connectivity index (χ2n) is 11.4. The third kappa shape index (κ3) is 4.84. The number of hydrogen-bond donors (Lipinski definition) is 0. The number of ketones is 1. The molecule has 4 heteroatoms. The van der Waals surface area contributed by atoms with Gasteiger partial charge in [-0.05, 0) is 62.9 Å². The van der Waals surface area contributed by atoms with Gasteiger partial charge in [0, 0.05) is 23.8 Å². The summed E-state index contributed by atoms with van der Waals surface area (Å²) in [6.45, 7) is 21.9. The molecular formula is C26H40O3Si. The number of Topliss-reactive ketones (excluding diaryl/α,β-unsaturated/α-hetero) is 1. The maximum absolute atomic E-state index is 13.4. The van der Waals surface area contributed by atoms with Crippen LogP contribution in [0.25, 0.3) is 0 Å². The Kier molecular flexibility index (Phi) is 6.72. The number of carbonyl (C=O) groups is 1. The van der Waals surface area contributed by atoms with Gasteiger partial charge in [-0.15, -0.1) is 12.3 Å². The van der Waals surface area contributed by atoms with E-state index in [0.717, 1.165) is 16.9 Å². The van der Waals surface area contributed by atoms with E-state index in [-0.39, 0.29) is 22.2 Å². The normalized spacial score (nSPS) is 25.6. The van der Waals surface area contributed by atoms with Gasteiger partial charge < -0.3 is 9.16 Å². The molecule has 1 aliphatic heterocycles. The number of hydrogen-bond acceptors (Lipinski definition) is 3. The lowest BCUT2D eigenvalue weighted by atomic mass is 9.86. The quantitative estimate of drug-likeness (QED) is 0.354. The molecule has 1 heterocycles. The number of ether oxygens (including phenoxy) is 1. The van der Waals surface area contributed by atoms with Crippen LogP contribution in [-0.4, -0.2) is 26.3 Å². The van der Waals surface area contributed by atoms with E-state index in [1.807, 2.05) is 20.8 Å². The average Bonchev–Trinajstić information content (AvgIpc) is 3.03. The highest BCUT2D eigenvalue weighted by Gasteiger charge is 2.53. The summed E-state index contributed by atoms with van der Waals surface area (Å²) in [5.41, 5.74) is 1.54. The van der Waals surface area contributed by atoms with Crippen molar-refractivity contribution in [2.45, 2.75) is 92.0 Å². The van der Waals surface area contributed by atoms with E-state index >= 15 is 0 Å². The van der Waals surface area contributed by atoms with Gasteiger partial charge in [-0.2, -0.15) is 0 Å². The smallest absolute Gasteiger partial charge is 0.210 e.